The molecule has 1 aliphatic carbocycles. The van der Waals surface area contributed by atoms with Gasteiger partial charge >= 0.3 is 0 Å². The van der Waals surface area contributed by atoms with E-state index in [1.54, 1.807) is 0 Å². The number of nitrogens with one attached hydrogen (secondary N) is 2. The normalized spacial score (nSPS) is 26.1. The quantitative estimate of drug-likeness (QED) is 0.732. The third kappa shape index (κ3) is 6.06. The zero-order chi connectivity index (χ0) is 16.8. The van der Waals surface area contributed by atoms with Gasteiger partial charge in [0.1, 0.15) is 0 Å². The van der Waals surface area contributed by atoms with Crippen LogP contribution in [0.4, 0.5) is 0 Å². The lowest BCUT2D eigenvalue weighted by atomic mass is 10.0. The first kappa shape index (κ1) is 17.7. The molecule has 0 spiro atoms. The third-order valence-corrected chi connectivity index (χ3v) is 5.23. The second-order valence-electron chi connectivity index (χ2n) is 7.49. The number of likely N-dealkylation sites (tertiary alicyclic amines) is 1. The van der Waals surface area contributed by atoms with E-state index in [0.29, 0.717) is 19.0 Å². The summed E-state index contributed by atoms with van der Waals surface area (Å²) in [5, 5.41) is 6.18. The minimum absolute atomic E-state index is 0.146. The summed E-state index contributed by atoms with van der Waals surface area (Å²) in [7, 11) is 0. The van der Waals surface area contributed by atoms with Gasteiger partial charge in [-0.1, -0.05) is 0 Å². The van der Waals surface area contributed by atoms with Gasteiger partial charge in [0.05, 0.1) is 12.6 Å². The predicted octanol–water partition coefficient (Wildman–Crippen LogP) is 1.19. The Balaban J connectivity index is 1.27. The summed E-state index contributed by atoms with van der Waals surface area (Å²) in [6, 6.07) is 0.690. The molecule has 136 valence electrons. The highest BCUT2D eigenvalue weighted by Crippen LogP contribution is 2.19. The van der Waals surface area contributed by atoms with Crippen LogP contribution in [0.5, 0.6) is 0 Å². The summed E-state index contributed by atoms with van der Waals surface area (Å²) in [4.78, 5) is 26.1. The Hall–Kier alpha value is -1.14. The molecule has 0 aromatic carbocycles. The molecule has 6 nitrogen and oxygen atoms in total. The molecule has 2 amide bonds. The van der Waals surface area contributed by atoms with Gasteiger partial charge in [-0.25, -0.2) is 0 Å². The second-order valence-corrected chi connectivity index (χ2v) is 7.49. The first-order chi connectivity index (χ1) is 11.7. The van der Waals surface area contributed by atoms with Gasteiger partial charge in [0.15, 0.2) is 0 Å². The summed E-state index contributed by atoms with van der Waals surface area (Å²) in [5.74, 6) is 0.293. The number of carbonyl (C=O) groups is 2. The van der Waals surface area contributed by atoms with Gasteiger partial charge < -0.3 is 15.4 Å². The first-order valence-electron chi connectivity index (χ1n) is 9.62. The van der Waals surface area contributed by atoms with Crippen molar-refractivity contribution in [2.45, 2.75) is 76.0 Å². The fraction of sp³-hybridized carbons (Fsp3) is 0.889. The Morgan fingerprint density at radius 1 is 0.917 bits per heavy atom. The summed E-state index contributed by atoms with van der Waals surface area (Å²) in [6.07, 6.45) is 9.27. The van der Waals surface area contributed by atoms with Crippen molar-refractivity contribution >= 4 is 11.8 Å². The molecule has 2 saturated heterocycles. The number of hydrogen-bond acceptors (Lipinski definition) is 4. The van der Waals surface area contributed by atoms with Crippen LogP contribution in [0.1, 0.15) is 57.8 Å². The van der Waals surface area contributed by atoms with E-state index in [-0.39, 0.29) is 24.0 Å². The molecule has 0 aromatic heterocycles. The molecule has 0 bridgehead atoms. The number of amides is 2. The molecule has 2 heterocycles. The van der Waals surface area contributed by atoms with Gasteiger partial charge in [0.2, 0.25) is 11.8 Å². The number of ether oxygens (including phenoxy) is 1. The smallest absolute Gasteiger partial charge is 0.234 e. The van der Waals surface area contributed by atoms with E-state index in [2.05, 4.69) is 15.5 Å². The fourth-order valence-electron chi connectivity index (χ4n) is 3.57. The monoisotopic (exact) mass is 337 g/mol. The average Bonchev–Trinajstić information content (AvgIpc) is 3.39. The van der Waals surface area contributed by atoms with Crippen LogP contribution < -0.4 is 10.6 Å². The molecular formula is C18H31N3O3. The maximum atomic E-state index is 12.1. The zero-order valence-corrected chi connectivity index (χ0v) is 14.6. The number of hydrogen-bond donors (Lipinski definition) is 2. The van der Waals surface area contributed by atoms with Crippen molar-refractivity contribution in [1.29, 1.82) is 0 Å². The zero-order valence-electron chi connectivity index (χ0n) is 14.6. The summed E-state index contributed by atoms with van der Waals surface area (Å²) >= 11 is 0. The number of piperidine rings is 1. The summed E-state index contributed by atoms with van der Waals surface area (Å²) in [6.45, 7) is 3.11. The van der Waals surface area contributed by atoms with Crippen molar-refractivity contribution in [2.75, 3.05) is 26.2 Å². The molecule has 1 saturated carbocycles. The van der Waals surface area contributed by atoms with E-state index in [1.807, 2.05) is 0 Å². The number of carbonyl (C=O) groups excluding carboxylic acids is 2. The van der Waals surface area contributed by atoms with Crippen molar-refractivity contribution in [1.82, 2.24) is 15.5 Å². The van der Waals surface area contributed by atoms with Gasteiger partial charge in [0, 0.05) is 38.2 Å². The van der Waals surface area contributed by atoms with Gasteiger partial charge in [-0.2, -0.15) is 0 Å². The molecule has 3 fully saturated rings. The molecule has 6 heteroatoms. The van der Waals surface area contributed by atoms with Crippen molar-refractivity contribution in [2.24, 2.45) is 0 Å². The van der Waals surface area contributed by atoms with Crippen molar-refractivity contribution in [3.8, 4) is 0 Å². The largest absolute Gasteiger partial charge is 0.378 e. The van der Waals surface area contributed by atoms with Crippen molar-refractivity contribution in [3.63, 3.8) is 0 Å². The molecule has 0 radical (unpaired) electrons. The molecule has 0 aromatic rings. The van der Waals surface area contributed by atoms with E-state index in [9.17, 15) is 9.59 Å². The highest BCUT2D eigenvalue weighted by molar-refractivity contribution is 5.78. The van der Waals surface area contributed by atoms with Crippen LogP contribution in [0.25, 0.3) is 0 Å². The van der Waals surface area contributed by atoms with E-state index in [1.165, 1.54) is 6.42 Å². The molecule has 1 atom stereocenters. The number of nitrogens with zero attached hydrogens (tertiary/aromatic N) is 1. The highest BCUT2D eigenvalue weighted by atomic mass is 16.5. The van der Waals surface area contributed by atoms with Gasteiger partial charge in [-0.3, -0.25) is 14.5 Å². The molecule has 2 aliphatic heterocycles. The first-order valence-corrected chi connectivity index (χ1v) is 9.62. The average molecular weight is 337 g/mol. The van der Waals surface area contributed by atoms with Crippen molar-refractivity contribution in [3.05, 3.63) is 0 Å². The van der Waals surface area contributed by atoms with Crippen LogP contribution >= 0.6 is 0 Å². The Morgan fingerprint density at radius 3 is 2.29 bits per heavy atom. The topological polar surface area (TPSA) is 70.7 Å². The number of rotatable bonds is 7. The van der Waals surface area contributed by atoms with E-state index in [0.717, 1.165) is 64.6 Å². The summed E-state index contributed by atoms with van der Waals surface area (Å²) in [5.41, 5.74) is 0. The van der Waals surface area contributed by atoms with Crippen LogP contribution in [-0.4, -0.2) is 61.1 Å². The minimum atomic E-state index is 0.146. The molecule has 24 heavy (non-hydrogen) atoms. The van der Waals surface area contributed by atoms with Crippen molar-refractivity contribution < 1.29 is 14.3 Å². The van der Waals surface area contributed by atoms with Crippen LogP contribution in [0.3, 0.4) is 0 Å². The van der Waals surface area contributed by atoms with E-state index < -0.39 is 0 Å². The van der Waals surface area contributed by atoms with Crippen LogP contribution in [0.15, 0.2) is 0 Å². The Bertz CT molecular complexity index is 425. The Morgan fingerprint density at radius 2 is 1.62 bits per heavy atom. The second kappa shape index (κ2) is 8.81. The maximum absolute atomic E-state index is 12.1. The molecular weight excluding hydrogens is 306 g/mol. The van der Waals surface area contributed by atoms with E-state index >= 15 is 0 Å². The lowest BCUT2D eigenvalue weighted by molar-refractivity contribution is -0.124. The molecule has 3 aliphatic rings. The fourth-order valence-corrected chi connectivity index (χ4v) is 3.57. The molecule has 3 rings (SSSR count). The van der Waals surface area contributed by atoms with Crippen LogP contribution in [0, 0.1) is 0 Å². The Labute approximate surface area is 144 Å². The lowest BCUT2D eigenvalue weighted by Crippen LogP contribution is -2.47. The maximum Gasteiger partial charge on any atom is 0.234 e. The standard InChI is InChI=1S/C18H31N3O3/c22-17(7-6-16-3-1-2-12-24-16)19-15-8-10-21(11-9-15)13-18(23)20-14-4-5-14/h14-16H,1-13H2,(H,19,22)(H,20,23)/t16-/m1/s1. The Kier molecular flexibility index (Phi) is 6.49. The van der Waals surface area contributed by atoms with Gasteiger partial charge in [-0.05, 0) is 51.4 Å². The van der Waals surface area contributed by atoms with Gasteiger partial charge in [-0.15, -0.1) is 0 Å². The summed E-state index contributed by atoms with van der Waals surface area (Å²) < 4.78 is 5.68. The van der Waals surface area contributed by atoms with Crippen LogP contribution in [0.2, 0.25) is 0 Å². The van der Waals surface area contributed by atoms with Crippen LogP contribution in [-0.2, 0) is 14.3 Å². The van der Waals surface area contributed by atoms with Gasteiger partial charge in [0.25, 0.3) is 0 Å². The molecule has 0 unspecified atom stereocenters. The minimum Gasteiger partial charge on any atom is -0.378 e. The van der Waals surface area contributed by atoms with E-state index in [4.69, 9.17) is 4.74 Å². The molecule has 2 N–H and O–H groups in total. The predicted molar refractivity (Wildman–Crippen MR) is 91.6 cm³/mol. The highest BCUT2D eigenvalue weighted by Gasteiger charge is 2.26. The third-order valence-electron chi connectivity index (χ3n) is 5.23. The lowest BCUT2D eigenvalue weighted by Gasteiger charge is -2.32. The SMILES string of the molecule is O=C(CC[C@H]1CCCCO1)NC1CCN(CC(=O)NC2CC2)CC1.